The molecular weight excluding hydrogens is 238 g/mol. The van der Waals surface area contributed by atoms with Gasteiger partial charge in [-0.25, -0.2) is 9.90 Å². The molecule has 0 bridgehead atoms. The van der Waals surface area contributed by atoms with E-state index in [4.69, 9.17) is 5.26 Å². The van der Waals surface area contributed by atoms with Gasteiger partial charge in [-0.15, -0.1) is 0 Å². The first-order chi connectivity index (χ1) is 9.24. The highest BCUT2D eigenvalue weighted by Gasteiger charge is 2.18. The van der Waals surface area contributed by atoms with Gasteiger partial charge in [-0.2, -0.15) is 5.26 Å². The maximum absolute atomic E-state index is 11.1. The van der Waals surface area contributed by atoms with Crippen LogP contribution in [0.4, 0.5) is 0 Å². The van der Waals surface area contributed by atoms with Crippen molar-refractivity contribution in [3.8, 4) is 6.07 Å². The lowest BCUT2D eigenvalue weighted by molar-refractivity contribution is -0.137. The van der Waals surface area contributed by atoms with Crippen LogP contribution < -0.4 is 0 Å². The van der Waals surface area contributed by atoms with Gasteiger partial charge in [-0.1, -0.05) is 60.7 Å². The predicted octanol–water partition coefficient (Wildman–Crippen LogP) is 2.97. The topological polar surface area (TPSA) is 60.8 Å². The van der Waals surface area contributed by atoms with Gasteiger partial charge in [0, 0.05) is 5.57 Å². The van der Waals surface area contributed by atoms with Crippen LogP contribution in [0.25, 0.3) is 5.57 Å². The zero-order chi connectivity index (χ0) is 13.7. The van der Waals surface area contributed by atoms with Crippen molar-refractivity contribution in [2.75, 3.05) is 0 Å². The van der Waals surface area contributed by atoms with Crippen molar-refractivity contribution in [3.63, 3.8) is 0 Å². The molecule has 3 nitrogen and oxygen atoms in total. The molecule has 0 aliphatic heterocycles. The zero-order valence-electron chi connectivity index (χ0n) is 10.0. The molecule has 0 aromatic heterocycles. The maximum Gasteiger partial charge on any atom is 0.397 e. The maximum atomic E-state index is 11.1. The highest BCUT2D eigenvalue weighted by atomic mass is 16.4. The molecule has 0 amide bonds. The van der Waals surface area contributed by atoms with E-state index in [-0.39, 0.29) is 5.57 Å². The first-order valence-corrected chi connectivity index (χ1v) is 5.70. The fourth-order valence-electron chi connectivity index (χ4n) is 1.87. The van der Waals surface area contributed by atoms with Crippen LogP contribution in [0.15, 0.2) is 66.2 Å². The second kappa shape index (κ2) is 5.65. The lowest BCUT2D eigenvalue weighted by Gasteiger charge is -2.08. The van der Waals surface area contributed by atoms with Crippen molar-refractivity contribution < 1.29 is 9.90 Å². The molecule has 0 N–H and O–H groups in total. The van der Waals surface area contributed by atoms with E-state index in [0.717, 1.165) is 0 Å². The number of carbonyl (C=O) groups is 1. The third-order valence-electron chi connectivity index (χ3n) is 2.69. The monoisotopic (exact) mass is 248 g/mol. The second-order valence-electron chi connectivity index (χ2n) is 3.88. The van der Waals surface area contributed by atoms with Gasteiger partial charge >= 0.3 is 5.97 Å². The minimum atomic E-state index is -1.47. The molecule has 2 rings (SSSR count). The van der Waals surface area contributed by atoms with E-state index in [2.05, 4.69) is 0 Å². The summed E-state index contributed by atoms with van der Waals surface area (Å²) in [6.07, 6.45) is 0. The van der Waals surface area contributed by atoms with E-state index in [0.29, 0.717) is 16.7 Å². The van der Waals surface area contributed by atoms with Crippen LogP contribution in [0.5, 0.6) is 0 Å². The summed E-state index contributed by atoms with van der Waals surface area (Å²) in [4.78, 5) is 11.1. The number of rotatable bonds is 3. The molecule has 19 heavy (non-hydrogen) atoms. The second-order valence-corrected chi connectivity index (χ2v) is 3.88. The highest BCUT2D eigenvalue weighted by Crippen LogP contribution is 2.26. The van der Waals surface area contributed by atoms with E-state index in [1.165, 1.54) is 0 Å². The van der Waals surface area contributed by atoms with Crippen LogP contribution in [-0.4, -0.2) is 5.97 Å². The first kappa shape index (κ1) is 12.6. The van der Waals surface area contributed by atoms with E-state index in [1.807, 2.05) is 12.1 Å². The van der Waals surface area contributed by atoms with Crippen molar-refractivity contribution in [1.82, 2.24) is 0 Å². The van der Waals surface area contributed by atoms with Crippen LogP contribution >= 0.6 is 0 Å². The van der Waals surface area contributed by atoms with E-state index in [1.54, 1.807) is 54.6 Å². The third-order valence-corrected chi connectivity index (χ3v) is 2.69. The molecule has 91 valence electrons. The van der Waals surface area contributed by atoms with Gasteiger partial charge in [0.15, 0.2) is 0 Å². The number of hydrogen-bond donors (Lipinski definition) is 0. The van der Waals surface area contributed by atoms with Crippen LogP contribution in [0.1, 0.15) is 11.1 Å². The summed E-state index contributed by atoms with van der Waals surface area (Å²) in [6, 6.07) is 19.6. The van der Waals surface area contributed by atoms with Gasteiger partial charge in [-0.3, -0.25) is 0 Å². The molecule has 3 heteroatoms. The van der Waals surface area contributed by atoms with Gasteiger partial charge in [0.05, 0.1) is 0 Å². The van der Waals surface area contributed by atoms with Crippen molar-refractivity contribution in [2.45, 2.75) is 0 Å². The molecule has 0 saturated heterocycles. The lowest BCUT2D eigenvalue weighted by Crippen LogP contribution is -2.02. The minimum Gasteiger partial charge on any atom is -0.241 e. The van der Waals surface area contributed by atoms with Gasteiger partial charge in [0.2, 0.25) is 0 Å². The Kier molecular flexibility index (Phi) is 3.75. The standard InChI is InChI=1S/C16H10NO2/c17-11-14(16(18)19)15(12-7-3-1-4-8-12)13-9-5-2-6-10-13/h1-10H. The SMILES string of the molecule is N#CC(C([O])=O)=C(c1ccccc1)c1ccccc1. The van der Waals surface area contributed by atoms with Crippen molar-refractivity contribution in [1.29, 1.82) is 5.26 Å². The van der Waals surface area contributed by atoms with Gasteiger partial charge in [0.25, 0.3) is 0 Å². The van der Waals surface area contributed by atoms with E-state index >= 15 is 0 Å². The first-order valence-electron chi connectivity index (χ1n) is 5.70. The molecule has 0 saturated carbocycles. The fraction of sp³-hybridized carbons (Fsp3) is 0. The van der Waals surface area contributed by atoms with Crippen LogP contribution in [-0.2, 0) is 9.90 Å². The molecule has 2 aromatic carbocycles. The molecule has 0 spiro atoms. The molecule has 0 heterocycles. The normalized spacial score (nSPS) is 9.42. The fourth-order valence-corrected chi connectivity index (χ4v) is 1.87. The number of carbonyl (C=O) groups excluding carboxylic acids is 1. The minimum absolute atomic E-state index is 0.364. The summed E-state index contributed by atoms with van der Waals surface area (Å²) in [5, 5.41) is 20.2. The van der Waals surface area contributed by atoms with E-state index in [9.17, 15) is 9.90 Å². The number of nitrogens with zero attached hydrogens (tertiary/aromatic N) is 1. The molecule has 2 aromatic rings. The van der Waals surface area contributed by atoms with Crippen LogP contribution in [0.2, 0.25) is 0 Å². The van der Waals surface area contributed by atoms with Gasteiger partial charge < -0.3 is 0 Å². The molecule has 0 fully saturated rings. The Morgan fingerprint density at radius 3 is 1.58 bits per heavy atom. The molecule has 1 radical (unpaired) electrons. The quantitative estimate of drug-likeness (QED) is 0.619. The Hall–Kier alpha value is -2.86. The number of benzene rings is 2. The average Bonchev–Trinajstić information content (AvgIpc) is 2.46. The van der Waals surface area contributed by atoms with Crippen molar-refractivity contribution >= 4 is 11.5 Å². The number of hydrogen-bond acceptors (Lipinski definition) is 2. The molecule has 0 aliphatic rings. The molecule has 0 unspecified atom stereocenters. The molecule has 0 atom stereocenters. The Balaban J connectivity index is 2.73. The van der Waals surface area contributed by atoms with E-state index < -0.39 is 5.97 Å². The number of nitriles is 1. The largest absolute Gasteiger partial charge is 0.397 e. The Morgan fingerprint density at radius 2 is 1.26 bits per heavy atom. The highest BCUT2D eigenvalue weighted by molar-refractivity contribution is 6.04. The smallest absolute Gasteiger partial charge is 0.241 e. The molecule has 0 aliphatic carbocycles. The van der Waals surface area contributed by atoms with Crippen LogP contribution in [0.3, 0.4) is 0 Å². The Labute approximate surface area is 111 Å². The summed E-state index contributed by atoms with van der Waals surface area (Å²) in [5.74, 6) is -1.47. The average molecular weight is 248 g/mol. The van der Waals surface area contributed by atoms with Gasteiger partial charge in [0.1, 0.15) is 11.6 Å². The van der Waals surface area contributed by atoms with Crippen LogP contribution in [0, 0.1) is 11.3 Å². The summed E-state index contributed by atoms with van der Waals surface area (Å²) in [5.41, 5.74) is 1.37. The van der Waals surface area contributed by atoms with Gasteiger partial charge in [-0.05, 0) is 11.1 Å². The Morgan fingerprint density at radius 1 is 0.842 bits per heavy atom. The lowest BCUT2D eigenvalue weighted by atomic mass is 9.93. The zero-order valence-corrected chi connectivity index (χ0v) is 10.0. The summed E-state index contributed by atoms with van der Waals surface area (Å²) < 4.78 is 0. The predicted molar refractivity (Wildman–Crippen MR) is 70.2 cm³/mol. The summed E-state index contributed by atoms with van der Waals surface area (Å²) >= 11 is 0. The van der Waals surface area contributed by atoms with Crippen molar-refractivity contribution in [2.24, 2.45) is 0 Å². The molecular formula is C16H10NO2. The summed E-state index contributed by atoms with van der Waals surface area (Å²) in [7, 11) is 0. The van der Waals surface area contributed by atoms with Crippen molar-refractivity contribution in [3.05, 3.63) is 77.4 Å². The third kappa shape index (κ3) is 2.70. The Bertz CT molecular complexity index is 611. The summed E-state index contributed by atoms with van der Waals surface area (Å²) in [6.45, 7) is 0.